The lowest BCUT2D eigenvalue weighted by molar-refractivity contribution is -0.115. The Hall–Kier alpha value is -1.14. The lowest BCUT2D eigenvalue weighted by Gasteiger charge is -2.09. The summed E-state index contributed by atoms with van der Waals surface area (Å²) in [6.07, 6.45) is 1.41. The van der Waals surface area contributed by atoms with Crippen molar-refractivity contribution in [1.29, 1.82) is 0 Å². The number of oxime groups is 1. The molecule has 1 amide bonds. The molecule has 0 bridgehead atoms. The van der Waals surface area contributed by atoms with Gasteiger partial charge in [-0.1, -0.05) is 5.16 Å². The summed E-state index contributed by atoms with van der Waals surface area (Å²) >= 11 is 0. The highest BCUT2D eigenvalue weighted by Crippen LogP contribution is 2.13. The first kappa shape index (κ1) is 13.3. The van der Waals surface area contributed by atoms with Gasteiger partial charge in [0.2, 0.25) is 0 Å². The molecule has 2 heterocycles. The number of carbonyl (C=O) groups excluding carboxylic acids is 1. The summed E-state index contributed by atoms with van der Waals surface area (Å²) in [7, 11) is 0. The predicted octanol–water partition coefficient (Wildman–Crippen LogP) is 0.321. The van der Waals surface area contributed by atoms with Crippen LogP contribution >= 0.6 is 0 Å². The zero-order valence-corrected chi connectivity index (χ0v) is 10.7. The molecule has 0 saturated carbocycles. The van der Waals surface area contributed by atoms with Gasteiger partial charge in [0.05, 0.1) is 13.2 Å². The van der Waals surface area contributed by atoms with Gasteiger partial charge in [0.25, 0.3) is 5.91 Å². The molecule has 2 aliphatic rings. The standard InChI is InChI=1S/C12H20N2O4/c1-2-16-8-10-5-11(14-18-10)12(15)13-6-9-3-4-17-7-9/h9-10H,2-8H2,1H3,(H,13,15). The molecule has 6 heteroatoms. The van der Waals surface area contributed by atoms with Crippen LogP contribution in [0.5, 0.6) is 0 Å². The van der Waals surface area contributed by atoms with Gasteiger partial charge in [-0.2, -0.15) is 0 Å². The third-order valence-corrected chi connectivity index (χ3v) is 3.08. The van der Waals surface area contributed by atoms with E-state index in [4.69, 9.17) is 14.3 Å². The molecule has 2 rings (SSSR count). The molecule has 1 saturated heterocycles. The second kappa shape index (κ2) is 6.70. The van der Waals surface area contributed by atoms with E-state index < -0.39 is 0 Å². The van der Waals surface area contributed by atoms with Crippen LogP contribution in [-0.4, -0.2) is 50.7 Å². The van der Waals surface area contributed by atoms with Crippen molar-refractivity contribution in [3.63, 3.8) is 0 Å². The van der Waals surface area contributed by atoms with Crippen molar-refractivity contribution in [2.75, 3.05) is 33.0 Å². The number of ether oxygens (including phenoxy) is 2. The van der Waals surface area contributed by atoms with Crippen LogP contribution in [-0.2, 0) is 19.1 Å². The lowest BCUT2D eigenvalue weighted by atomic mass is 10.1. The van der Waals surface area contributed by atoms with Crippen molar-refractivity contribution in [2.45, 2.75) is 25.9 Å². The van der Waals surface area contributed by atoms with E-state index in [2.05, 4.69) is 10.5 Å². The summed E-state index contributed by atoms with van der Waals surface area (Å²) in [5.41, 5.74) is 0.457. The van der Waals surface area contributed by atoms with Crippen molar-refractivity contribution in [2.24, 2.45) is 11.1 Å². The number of hydrogen-bond donors (Lipinski definition) is 1. The second-order valence-corrected chi connectivity index (χ2v) is 4.57. The molecular formula is C12H20N2O4. The largest absolute Gasteiger partial charge is 0.389 e. The van der Waals surface area contributed by atoms with Crippen molar-refractivity contribution < 1.29 is 19.1 Å². The Morgan fingerprint density at radius 1 is 1.61 bits per heavy atom. The molecule has 2 aliphatic heterocycles. The highest BCUT2D eigenvalue weighted by molar-refractivity contribution is 6.39. The number of rotatable bonds is 6. The number of nitrogens with zero attached hydrogens (tertiary/aromatic N) is 1. The zero-order valence-electron chi connectivity index (χ0n) is 10.7. The van der Waals surface area contributed by atoms with Gasteiger partial charge in [0, 0.05) is 32.1 Å². The van der Waals surface area contributed by atoms with Crippen molar-refractivity contribution in [3.05, 3.63) is 0 Å². The summed E-state index contributed by atoms with van der Waals surface area (Å²) in [6.45, 7) is 5.22. The lowest BCUT2D eigenvalue weighted by Crippen LogP contribution is -2.35. The first-order valence-corrected chi connectivity index (χ1v) is 6.46. The maximum Gasteiger partial charge on any atom is 0.269 e. The zero-order chi connectivity index (χ0) is 12.8. The first-order valence-electron chi connectivity index (χ1n) is 6.46. The van der Waals surface area contributed by atoms with Gasteiger partial charge >= 0.3 is 0 Å². The molecule has 1 N–H and O–H groups in total. The van der Waals surface area contributed by atoms with Crippen LogP contribution in [0.4, 0.5) is 0 Å². The highest BCUT2D eigenvalue weighted by Gasteiger charge is 2.26. The summed E-state index contributed by atoms with van der Waals surface area (Å²) in [6, 6.07) is 0. The molecule has 2 unspecified atom stereocenters. The average molecular weight is 256 g/mol. The van der Waals surface area contributed by atoms with E-state index >= 15 is 0 Å². The summed E-state index contributed by atoms with van der Waals surface area (Å²) in [5, 5.41) is 6.68. The first-order chi connectivity index (χ1) is 8.79. The van der Waals surface area contributed by atoms with Crippen LogP contribution < -0.4 is 5.32 Å². The molecule has 2 atom stereocenters. The Balaban J connectivity index is 1.66. The van der Waals surface area contributed by atoms with Gasteiger partial charge < -0.3 is 19.6 Å². The Morgan fingerprint density at radius 3 is 3.22 bits per heavy atom. The van der Waals surface area contributed by atoms with Crippen molar-refractivity contribution >= 4 is 11.6 Å². The van der Waals surface area contributed by atoms with E-state index in [0.29, 0.717) is 37.8 Å². The molecule has 102 valence electrons. The molecule has 0 aromatic carbocycles. The van der Waals surface area contributed by atoms with Crippen LogP contribution in [0.25, 0.3) is 0 Å². The van der Waals surface area contributed by atoms with Gasteiger partial charge in [-0.25, -0.2) is 0 Å². The monoisotopic (exact) mass is 256 g/mol. The third-order valence-electron chi connectivity index (χ3n) is 3.08. The fraction of sp³-hybridized carbons (Fsp3) is 0.833. The van der Waals surface area contributed by atoms with Gasteiger partial charge in [-0.15, -0.1) is 0 Å². The fourth-order valence-electron chi connectivity index (χ4n) is 1.98. The summed E-state index contributed by atoms with van der Waals surface area (Å²) < 4.78 is 10.5. The Bertz CT molecular complexity index is 313. The van der Waals surface area contributed by atoms with E-state index in [0.717, 1.165) is 19.6 Å². The Kier molecular flexibility index (Phi) is 4.95. The normalized spacial score (nSPS) is 26.8. The predicted molar refractivity (Wildman–Crippen MR) is 65.4 cm³/mol. The molecule has 6 nitrogen and oxygen atoms in total. The van der Waals surface area contributed by atoms with Crippen LogP contribution in [0.1, 0.15) is 19.8 Å². The molecule has 0 aromatic rings. The minimum absolute atomic E-state index is 0.125. The van der Waals surface area contributed by atoms with Gasteiger partial charge in [0.15, 0.2) is 6.10 Å². The van der Waals surface area contributed by atoms with E-state index in [1.165, 1.54) is 0 Å². The van der Waals surface area contributed by atoms with E-state index in [-0.39, 0.29) is 12.0 Å². The van der Waals surface area contributed by atoms with Gasteiger partial charge in [-0.3, -0.25) is 4.79 Å². The van der Waals surface area contributed by atoms with Crippen molar-refractivity contribution in [1.82, 2.24) is 5.32 Å². The number of nitrogens with one attached hydrogen (secondary N) is 1. The molecule has 0 spiro atoms. The van der Waals surface area contributed by atoms with Crippen LogP contribution in [0.15, 0.2) is 5.16 Å². The van der Waals surface area contributed by atoms with E-state index in [1.807, 2.05) is 6.92 Å². The number of carbonyl (C=O) groups is 1. The molecule has 0 radical (unpaired) electrons. The SMILES string of the molecule is CCOCC1CC(C(=O)NCC2CCOC2)=NO1. The topological polar surface area (TPSA) is 69.2 Å². The van der Waals surface area contributed by atoms with Gasteiger partial charge in [-0.05, 0) is 13.3 Å². The average Bonchev–Trinajstić information content (AvgIpc) is 3.04. The minimum Gasteiger partial charge on any atom is -0.389 e. The number of amides is 1. The highest BCUT2D eigenvalue weighted by atomic mass is 16.7. The maximum absolute atomic E-state index is 11.8. The molecule has 0 aromatic heterocycles. The summed E-state index contributed by atoms with van der Waals surface area (Å²) in [4.78, 5) is 17.0. The Labute approximate surface area is 107 Å². The molecule has 18 heavy (non-hydrogen) atoms. The quantitative estimate of drug-likeness (QED) is 0.743. The third kappa shape index (κ3) is 3.68. The van der Waals surface area contributed by atoms with Crippen LogP contribution in [0, 0.1) is 5.92 Å². The van der Waals surface area contributed by atoms with E-state index in [9.17, 15) is 4.79 Å². The van der Waals surface area contributed by atoms with Crippen LogP contribution in [0.3, 0.4) is 0 Å². The van der Waals surface area contributed by atoms with Crippen LogP contribution in [0.2, 0.25) is 0 Å². The minimum atomic E-state index is -0.138. The summed E-state index contributed by atoms with van der Waals surface area (Å²) in [5.74, 6) is 0.289. The fourth-order valence-corrected chi connectivity index (χ4v) is 1.98. The molecule has 0 aliphatic carbocycles. The van der Waals surface area contributed by atoms with Crippen molar-refractivity contribution in [3.8, 4) is 0 Å². The molecule has 1 fully saturated rings. The molecular weight excluding hydrogens is 236 g/mol. The number of hydrogen-bond acceptors (Lipinski definition) is 5. The Morgan fingerprint density at radius 2 is 2.50 bits per heavy atom. The maximum atomic E-state index is 11.8. The smallest absolute Gasteiger partial charge is 0.269 e. The second-order valence-electron chi connectivity index (χ2n) is 4.57. The van der Waals surface area contributed by atoms with Gasteiger partial charge in [0.1, 0.15) is 5.71 Å². The van der Waals surface area contributed by atoms with E-state index in [1.54, 1.807) is 0 Å².